The van der Waals surface area contributed by atoms with Crippen LogP contribution in [0.25, 0.3) is 33.5 Å². The standard InChI is InChI=1S/C23H21N5S/c1-2-28-22(26-27-23(28)29-15-9-8-14-24)19-16-21(17-10-4-3-5-11-17)25-20-13-7-6-12-18(19)20/h3-7,10-13,16H,2,8-9,15H2,1H3. The summed E-state index contributed by atoms with van der Waals surface area (Å²) in [4.78, 5) is 4.87. The first-order valence-electron chi connectivity index (χ1n) is 9.70. The second-order valence-electron chi connectivity index (χ2n) is 6.60. The molecule has 5 nitrogen and oxygen atoms in total. The number of unbranched alkanes of at least 4 members (excludes halogenated alkanes) is 1. The monoisotopic (exact) mass is 399 g/mol. The predicted octanol–water partition coefficient (Wildman–Crippen LogP) is 5.58. The first kappa shape index (κ1) is 19.2. The Labute approximate surface area is 174 Å². The predicted molar refractivity (Wildman–Crippen MR) is 117 cm³/mol. The van der Waals surface area contributed by atoms with E-state index in [1.54, 1.807) is 11.8 Å². The van der Waals surface area contributed by atoms with Crippen LogP contribution in [0.2, 0.25) is 0 Å². The highest BCUT2D eigenvalue weighted by Crippen LogP contribution is 2.33. The van der Waals surface area contributed by atoms with Gasteiger partial charge in [-0.05, 0) is 25.5 Å². The molecule has 2 aromatic carbocycles. The molecule has 0 fully saturated rings. The van der Waals surface area contributed by atoms with Gasteiger partial charge >= 0.3 is 0 Å². The fraction of sp³-hybridized carbons (Fsp3) is 0.217. The van der Waals surface area contributed by atoms with Crippen LogP contribution < -0.4 is 0 Å². The van der Waals surface area contributed by atoms with Gasteiger partial charge in [-0.25, -0.2) is 4.98 Å². The van der Waals surface area contributed by atoms with Crippen molar-refractivity contribution in [3.8, 4) is 28.7 Å². The van der Waals surface area contributed by atoms with E-state index < -0.39 is 0 Å². The molecule has 4 aromatic rings. The Morgan fingerprint density at radius 1 is 1.03 bits per heavy atom. The number of nitrogens with zero attached hydrogens (tertiary/aromatic N) is 5. The first-order valence-corrected chi connectivity index (χ1v) is 10.7. The van der Waals surface area contributed by atoms with Crippen molar-refractivity contribution in [1.29, 1.82) is 5.26 Å². The summed E-state index contributed by atoms with van der Waals surface area (Å²) in [5.74, 6) is 1.71. The summed E-state index contributed by atoms with van der Waals surface area (Å²) in [5.41, 5.74) is 3.98. The smallest absolute Gasteiger partial charge is 0.191 e. The number of nitriles is 1. The molecule has 0 amide bonds. The van der Waals surface area contributed by atoms with Gasteiger partial charge in [-0.3, -0.25) is 0 Å². The highest BCUT2D eigenvalue weighted by Gasteiger charge is 2.17. The number of rotatable bonds is 7. The Morgan fingerprint density at radius 2 is 1.83 bits per heavy atom. The van der Waals surface area contributed by atoms with E-state index in [0.29, 0.717) is 6.42 Å². The topological polar surface area (TPSA) is 67.4 Å². The van der Waals surface area contributed by atoms with Gasteiger partial charge < -0.3 is 4.57 Å². The maximum atomic E-state index is 8.74. The van der Waals surface area contributed by atoms with E-state index in [9.17, 15) is 0 Å². The van der Waals surface area contributed by atoms with E-state index >= 15 is 0 Å². The Bertz CT molecular complexity index is 1160. The number of para-hydroxylation sites is 1. The lowest BCUT2D eigenvalue weighted by molar-refractivity contribution is 0.687. The van der Waals surface area contributed by atoms with Crippen molar-refractivity contribution in [2.24, 2.45) is 0 Å². The normalized spacial score (nSPS) is 10.9. The summed E-state index contributed by atoms with van der Waals surface area (Å²) < 4.78 is 2.15. The minimum Gasteiger partial charge on any atom is -0.302 e. The van der Waals surface area contributed by atoms with Crippen LogP contribution in [0.15, 0.2) is 65.8 Å². The minimum atomic E-state index is 0.565. The van der Waals surface area contributed by atoms with Gasteiger partial charge in [-0.2, -0.15) is 5.26 Å². The number of hydrogen-bond donors (Lipinski definition) is 0. The zero-order valence-corrected chi connectivity index (χ0v) is 17.1. The van der Waals surface area contributed by atoms with Gasteiger partial charge in [-0.15, -0.1) is 10.2 Å². The van der Waals surface area contributed by atoms with Crippen LogP contribution in [-0.2, 0) is 6.54 Å². The molecule has 6 heteroatoms. The van der Waals surface area contributed by atoms with Gasteiger partial charge in [0.25, 0.3) is 0 Å². The molecule has 0 spiro atoms. The molecule has 144 valence electrons. The minimum absolute atomic E-state index is 0.565. The van der Waals surface area contributed by atoms with E-state index in [-0.39, 0.29) is 0 Å². The fourth-order valence-corrected chi connectivity index (χ4v) is 4.25. The molecule has 29 heavy (non-hydrogen) atoms. The number of thioether (sulfide) groups is 1. The van der Waals surface area contributed by atoms with E-state index in [1.807, 2.05) is 36.4 Å². The maximum absolute atomic E-state index is 8.74. The molecule has 0 atom stereocenters. The lowest BCUT2D eigenvalue weighted by Crippen LogP contribution is -2.01. The average molecular weight is 400 g/mol. The molecule has 0 saturated heterocycles. The third-order valence-corrected chi connectivity index (χ3v) is 5.78. The van der Waals surface area contributed by atoms with Crippen LogP contribution >= 0.6 is 11.8 Å². The van der Waals surface area contributed by atoms with E-state index in [2.05, 4.69) is 52.0 Å². The van der Waals surface area contributed by atoms with Crippen LogP contribution in [0, 0.1) is 11.3 Å². The van der Waals surface area contributed by atoms with Gasteiger partial charge in [0.05, 0.1) is 17.3 Å². The van der Waals surface area contributed by atoms with Crippen molar-refractivity contribution in [3.05, 3.63) is 60.7 Å². The second kappa shape index (κ2) is 8.89. The quantitative estimate of drug-likeness (QED) is 0.300. The summed E-state index contributed by atoms with van der Waals surface area (Å²) >= 11 is 1.66. The third-order valence-electron chi connectivity index (χ3n) is 4.72. The van der Waals surface area contributed by atoms with Crippen molar-refractivity contribution in [1.82, 2.24) is 19.7 Å². The SMILES string of the molecule is CCn1c(SCCCC#N)nnc1-c1cc(-c2ccccc2)nc2ccccc12. The third kappa shape index (κ3) is 4.01. The molecule has 0 unspecified atom stereocenters. The molecule has 2 heterocycles. The van der Waals surface area contributed by atoms with E-state index in [4.69, 9.17) is 10.2 Å². The molecule has 0 aliphatic heterocycles. The van der Waals surface area contributed by atoms with Crippen molar-refractivity contribution in [2.45, 2.75) is 31.5 Å². The number of aromatic nitrogens is 4. The zero-order chi connectivity index (χ0) is 20.1. The Balaban J connectivity index is 1.81. The Kier molecular flexibility index (Phi) is 5.87. The van der Waals surface area contributed by atoms with Crippen LogP contribution in [0.4, 0.5) is 0 Å². The molecule has 0 aliphatic carbocycles. The number of pyridine rings is 1. The van der Waals surface area contributed by atoms with Gasteiger partial charge in [0.2, 0.25) is 0 Å². The molecule has 2 aromatic heterocycles. The average Bonchev–Trinajstić information content (AvgIpc) is 3.19. The summed E-state index contributed by atoms with van der Waals surface area (Å²) in [5, 5.41) is 19.7. The summed E-state index contributed by atoms with van der Waals surface area (Å²) in [6, 6.07) is 22.7. The maximum Gasteiger partial charge on any atom is 0.191 e. The highest BCUT2D eigenvalue weighted by atomic mass is 32.2. The van der Waals surface area contributed by atoms with E-state index in [0.717, 1.165) is 57.4 Å². The molecule has 0 saturated carbocycles. The van der Waals surface area contributed by atoms with Gasteiger partial charge in [0, 0.05) is 35.2 Å². The van der Waals surface area contributed by atoms with Crippen LogP contribution in [-0.4, -0.2) is 25.5 Å². The van der Waals surface area contributed by atoms with Crippen molar-refractivity contribution in [3.63, 3.8) is 0 Å². The lowest BCUT2D eigenvalue weighted by Gasteiger charge is -2.11. The summed E-state index contributed by atoms with van der Waals surface area (Å²) in [6.07, 6.45) is 1.42. The van der Waals surface area contributed by atoms with Crippen LogP contribution in [0.1, 0.15) is 19.8 Å². The fourth-order valence-electron chi connectivity index (χ4n) is 3.31. The van der Waals surface area contributed by atoms with Crippen molar-refractivity contribution < 1.29 is 0 Å². The zero-order valence-electron chi connectivity index (χ0n) is 16.2. The van der Waals surface area contributed by atoms with Crippen LogP contribution in [0.3, 0.4) is 0 Å². The highest BCUT2D eigenvalue weighted by molar-refractivity contribution is 7.99. The number of fused-ring (bicyclic) bond motifs is 1. The first-order chi connectivity index (χ1) is 14.3. The molecule has 4 rings (SSSR count). The molecule has 0 N–H and O–H groups in total. The van der Waals surface area contributed by atoms with Gasteiger partial charge in [-0.1, -0.05) is 60.3 Å². The summed E-state index contributed by atoms with van der Waals surface area (Å²) in [6.45, 7) is 2.88. The van der Waals surface area contributed by atoms with Crippen molar-refractivity contribution >= 4 is 22.7 Å². The molecule has 0 radical (unpaired) electrons. The molecule has 0 bridgehead atoms. The second-order valence-corrected chi connectivity index (χ2v) is 7.66. The molecular formula is C23H21N5S. The number of hydrogen-bond acceptors (Lipinski definition) is 5. The van der Waals surface area contributed by atoms with E-state index in [1.165, 1.54) is 0 Å². The lowest BCUT2D eigenvalue weighted by atomic mass is 10.0. The Morgan fingerprint density at radius 3 is 2.62 bits per heavy atom. The molecular weight excluding hydrogens is 378 g/mol. The molecule has 0 aliphatic rings. The van der Waals surface area contributed by atoms with Gasteiger partial charge in [0.1, 0.15) is 0 Å². The Hall–Kier alpha value is -3.17. The van der Waals surface area contributed by atoms with Gasteiger partial charge in [0.15, 0.2) is 11.0 Å². The largest absolute Gasteiger partial charge is 0.302 e. The van der Waals surface area contributed by atoms with Crippen molar-refractivity contribution in [2.75, 3.05) is 5.75 Å². The number of benzene rings is 2. The van der Waals surface area contributed by atoms with Crippen LogP contribution in [0.5, 0.6) is 0 Å². The summed E-state index contributed by atoms with van der Waals surface area (Å²) in [7, 11) is 0.